The second-order valence-corrected chi connectivity index (χ2v) is 2.97. The van der Waals surface area contributed by atoms with Crippen molar-refractivity contribution in [3.8, 4) is 0 Å². The maximum absolute atomic E-state index is 12.1. The average Bonchev–Trinajstić information content (AvgIpc) is 2.14. The summed E-state index contributed by atoms with van der Waals surface area (Å²) in [6, 6.07) is 6.02. The minimum atomic E-state index is -4.25. The fourth-order valence-electron chi connectivity index (χ4n) is 1.22. The van der Waals surface area contributed by atoms with Crippen LogP contribution in [-0.2, 0) is 17.8 Å². The van der Waals surface area contributed by atoms with E-state index >= 15 is 0 Å². The lowest BCUT2D eigenvalue weighted by atomic mass is 10.0. The minimum Gasteiger partial charge on any atom is -0.211 e. The average molecular weight is 215 g/mol. The van der Waals surface area contributed by atoms with Crippen LogP contribution in [0.2, 0.25) is 0 Å². The Kier molecular flexibility index (Phi) is 3.63. The molecule has 0 spiro atoms. The lowest BCUT2D eigenvalue weighted by Gasteiger charge is -2.09. The standard InChI is InChI=1S/C10H8F3NO/c11-10(12,13)5-8-3-1-2-4-9(8)6-14-7-15/h1-4H,5-6H2. The van der Waals surface area contributed by atoms with Crippen LogP contribution < -0.4 is 0 Å². The van der Waals surface area contributed by atoms with Gasteiger partial charge in [-0.05, 0) is 11.1 Å². The van der Waals surface area contributed by atoms with E-state index in [9.17, 15) is 18.0 Å². The Labute approximate surface area is 84.4 Å². The molecule has 15 heavy (non-hydrogen) atoms. The van der Waals surface area contributed by atoms with Gasteiger partial charge in [0.1, 0.15) is 0 Å². The number of rotatable bonds is 3. The molecule has 1 rings (SSSR count). The Balaban J connectivity index is 2.90. The first-order chi connectivity index (χ1) is 7.03. The number of alkyl halides is 3. The van der Waals surface area contributed by atoms with Crippen LogP contribution in [0.4, 0.5) is 13.2 Å². The molecule has 0 aromatic heterocycles. The number of carbonyl (C=O) groups excluding carboxylic acids is 1. The van der Waals surface area contributed by atoms with Gasteiger partial charge in [0.2, 0.25) is 6.08 Å². The SMILES string of the molecule is O=C=NCc1ccccc1CC(F)(F)F. The Morgan fingerprint density at radius 1 is 1.20 bits per heavy atom. The van der Waals surface area contributed by atoms with Crippen molar-refractivity contribution >= 4 is 6.08 Å². The molecular weight excluding hydrogens is 207 g/mol. The van der Waals surface area contributed by atoms with E-state index in [2.05, 4.69) is 4.99 Å². The molecule has 0 aliphatic heterocycles. The van der Waals surface area contributed by atoms with E-state index in [1.54, 1.807) is 6.07 Å². The number of aliphatic imine (C=N–C) groups is 1. The van der Waals surface area contributed by atoms with E-state index in [-0.39, 0.29) is 12.1 Å². The van der Waals surface area contributed by atoms with Crippen molar-refractivity contribution in [2.24, 2.45) is 4.99 Å². The monoisotopic (exact) mass is 215 g/mol. The Hall–Kier alpha value is -1.61. The zero-order valence-electron chi connectivity index (χ0n) is 7.71. The fraction of sp³-hybridized carbons (Fsp3) is 0.300. The van der Waals surface area contributed by atoms with Crippen LogP contribution in [-0.4, -0.2) is 12.3 Å². The van der Waals surface area contributed by atoms with E-state index in [1.807, 2.05) is 0 Å². The third kappa shape index (κ3) is 3.95. The predicted octanol–water partition coefficient (Wildman–Crippen LogP) is 2.63. The third-order valence-electron chi connectivity index (χ3n) is 1.82. The largest absolute Gasteiger partial charge is 0.393 e. The molecule has 0 heterocycles. The lowest BCUT2D eigenvalue weighted by Crippen LogP contribution is -2.12. The molecular formula is C10H8F3NO. The van der Waals surface area contributed by atoms with Gasteiger partial charge >= 0.3 is 6.18 Å². The number of nitrogens with zero attached hydrogens (tertiary/aromatic N) is 1. The topological polar surface area (TPSA) is 29.4 Å². The number of halogens is 3. The predicted molar refractivity (Wildman–Crippen MR) is 48.0 cm³/mol. The van der Waals surface area contributed by atoms with Gasteiger partial charge in [-0.3, -0.25) is 0 Å². The molecule has 0 radical (unpaired) electrons. The molecule has 0 saturated carbocycles. The minimum absolute atomic E-state index is 0.0598. The van der Waals surface area contributed by atoms with Gasteiger partial charge in [0, 0.05) is 0 Å². The molecule has 0 unspecified atom stereocenters. The van der Waals surface area contributed by atoms with Crippen LogP contribution in [0, 0.1) is 0 Å². The van der Waals surface area contributed by atoms with Crippen LogP contribution in [0.15, 0.2) is 29.3 Å². The Bertz CT molecular complexity index is 380. The normalized spacial score (nSPS) is 10.9. The van der Waals surface area contributed by atoms with Gasteiger partial charge in [0.25, 0.3) is 0 Å². The summed E-state index contributed by atoms with van der Waals surface area (Å²) in [5.41, 5.74) is 0.544. The van der Waals surface area contributed by atoms with Gasteiger partial charge < -0.3 is 0 Å². The fourth-order valence-corrected chi connectivity index (χ4v) is 1.22. The summed E-state index contributed by atoms with van der Waals surface area (Å²) in [5, 5.41) is 0. The molecule has 2 nitrogen and oxygen atoms in total. The smallest absolute Gasteiger partial charge is 0.211 e. The third-order valence-corrected chi connectivity index (χ3v) is 1.82. The molecule has 0 N–H and O–H groups in total. The van der Waals surface area contributed by atoms with Gasteiger partial charge in [-0.2, -0.15) is 13.2 Å². The zero-order chi connectivity index (χ0) is 11.3. The molecule has 0 aliphatic carbocycles. The second-order valence-electron chi connectivity index (χ2n) is 2.97. The van der Waals surface area contributed by atoms with E-state index in [1.165, 1.54) is 24.3 Å². The summed E-state index contributed by atoms with van der Waals surface area (Å²) in [6.45, 7) is -0.0598. The van der Waals surface area contributed by atoms with Crippen LogP contribution >= 0.6 is 0 Å². The molecule has 0 bridgehead atoms. The van der Waals surface area contributed by atoms with E-state index < -0.39 is 12.6 Å². The summed E-state index contributed by atoms with van der Waals surface area (Å²) >= 11 is 0. The van der Waals surface area contributed by atoms with Gasteiger partial charge in [-0.25, -0.2) is 9.79 Å². The summed E-state index contributed by atoms with van der Waals surface area (Å²) in [5.74, 6) is 0. The maximum atomic E-state index is 12.1. The highest BCUT2D eigenvalue weighted by molar-refractivity contribution is 5.35. The van der Waals surface area contributed by atoms with Crippen molar-refractivity contribution in [2.45, 2.75) is 19.1 Å². The molecule has 1 aromatic carbocycles. The van der Waals surface area contributed by atoms with E-state index in [4.69, 9.17) is 0 Å². The maximum Gasteiger partial charge on any atom is 0.393 e. The Morgan fingerprint density at radius 2 is 1.80 bits per heavy atom. The Morgan fingerprint density at radius 3 is 2.33 bits per heavy atom. The highest BCUT2D eigenvalue weighted by Crippen LogP contribution is 2.23. The molecule has 0 amide bonds. The molecule has 80 valence electrons. The van der Waals surface area contributed by atoms with Crippen LogP contribution in [0.3, 0.4) is 0 Å². The van der Waals surface area contributed by atoms with E-state index in [0.29, 0.717) is 5.56 Å². The first kappa shape index (κ1) is 11.5. The molecule has 0 fully saturated rings. The highest BCUT2D eigenvalue weighted by atomic mass is 19.4. The number of benzene rings is 1. The number of hydrogen-bond acceptors (Lipinski definition) is 2. The molecule has 5 heteroatoms. The van der Waals surface area contributed by atoms with Crippen LogP contribution in [0.5, 0.6) is 0 Å². The number of isocyanates is 1. The summed E-state index contributed by atoms with van der Waals surface area (Å²) in [7, 11) is 0. The highest BCUT2D eigenvalue weighted by Gasteiger charge is 2.28. The van der Waals surface area contributed by atoms with E-state index in [0.717, 1.165) is 0 Å². The van der Waals surface area contributed by atoms with Gasteiger partial charge in [0.15, 0.2) is 0 Å². The summed E-state index contributed by atoms with van der Waals surface area (Å²) in [4.78, 5) is 13.1. The quantitative estimate of drug-likeness (QED) is 0.563. The molecule has 0 aliphatic rings. The lowest BCUT2D eigenvalue weighted by molar-refractivity contribution is -0.127. The van der Waals surface area contributed by atoms with Crippen LogP contribution in [0.25, 0.3) is 0 Å². The van der Waals surface area contributed by atoms with Crippen LogP contribution in [0.1, 0.15) is 11.1 Å². The summed E-state index contributed by atoms with van der Waals surface area (Å²) < 4.78 is 36.4. The van der Waals surface area contributed by atoms with Gasteiger partial charge in [-0.15, -0.1) is 0 Å². The first-order valence-corrected chi connectivity index (χ1v) is 4.20. The number of hydrogen-bond donors (Lipinski definition) is 0. The van der Waals surface area contributed by atoms with Crippen molar-refractivity contribution in [2.75, 3.05) is 0 Å². The molecule has 0 atom stereocenters. The van der Waals surface area contributed by atoms with Crippen molar-refractivity contribution in [1.29, 1.82) is 0 Å². The zero-order valence-corrected chi connectivity index (χ0v) is 7.71. The summed E-state index contributed by atoms with van der Waals surface area (Å²) in [6.07, 6.45) is -3.95. The van der Waals surface area contributed by atoms with Crippen molar-refractivity contribution in [3.63, 3.8) is 0 Å². The first-order valence-electron chi connectivity index (χ1n) is 4.20. The molecule has 1 aromatic rings. The van der Waals surface area contributed by atoms with Gasteiger partial charge in [0.05, 0.1) is 13.0 Å². The molecule has 0 saturated heterocycles. The van der Waals surface area contributed by atoms with Crippen molar-refractivity contribution in [3.05, 3.63) is 35.4 Å². The van der Waals surface area contributed by atoms with Crippen molar-refractivity contribution in [1.82, 2.24) is 0 Å². The second kappa shape index (κ2) is 4.75. The van der Waals surface area contributed by atoms with Gasteiger partial charge in [-0.1, -0.05) is 24.3 Å². The van der Waals surface area contributed by atoms with Crippen molar-refractivity contribution < 1.29 is 18.0 Å².